The van der Waals surface area contributed by atoms with Gasteiger partial charge >= 0.3 is 6.01 Å². The standard InChI is InChI=1S/C19H24N4O4/c1-11-4-6-20-19(21-11)25-7-5-14-10-26-16-9-23(8-15(14)16)18(24)17-12(2)22-27-13(17)3/h4,6,14-16H,5,7-10H2,1-3H3/t14-,15-,16-/m1/s1. The van der Waals surface area contributed by atoms with Crippen LogP contribution in [0.5, 0.6) is 6.01 Å². The van der Waals surface area contributed by atoms with E-state index in [-0.39, 0.29) is 12.0 Å². The maximum absolute atomic E-state index is 12.8. The van der Waals surface area contributed by atoms with E-state index in [1.807, 2.05) is 17.9 Å². The molecule has 0 aliphatic carbocycles. The molecule has 0 aromatic carbocycles. The van der Waals surface area contributed by atoms with Crippen LogP contribution in [0.4, 0.5) is 0 Å². The van der Waals surface area contributed by atoms with Gasteiger partial charge in [-0.05, 0) is 39.2 Å². The molecule has 3 atom stereocenters. The van der Waals surface area contributed by atoms with E-state index < -0.39 is 0 Å². The number of nitrogens with zero attached hydrogens (tertiary/aromatic N) is 4. The van der Waals surface area contributed by atoms with Crippen molar-refractivity contribution >= 4 is 5.91 Å². The van der Waals surface area contributed by atoms with Gasteiger partial charge in [-0.2, -0.15) is 0 Å². The van der Waals surface area contributed by atoms with Gasteiger partial charge in [0.05, 0.1) is 25.0 Å². The van der Waals surface area contributed by atoms with E-state index in [4.69, 9.17) is 14.0 Å². The van der Waals surface area contributed by atoms with Gasteiger partial charge in [-0.1, -0.05) is 5.16 Å². The molecule has 0 N–H and O–H groups in total. The zero-order chi connectivity index (χ0) is 19.0. The lowest BCUT2D eigenvalue weighted by atomic mass is 9.91. The van der Waals surface area contributed by atoms with Gasteiger partial charge in [0.2, 0.25) is 0 Å². The summed E-state index contributed by atoms with van der Waals surface area (Å²) >= 11 is 0. The molecule has 0 bridgehead atoms. The SMILES string of the molecule is Cc1ccnc(OCC[C@@H]2CO[C@@H]3CN(C(=O)c4c(C)noc4C)C[C@H]23)n1. The highest BCUT2D eigenvalue weighted by atomic mass is 16.5. The van der Waals surface area contributed by atoms with Crippen LogP contribution in [0.25, 0.3) is 0 Å². The van der Waals surface area contributed by atoms with Crippen LogP contribution in [0, 0.1) is 32.6 Å². The number of aromatic nitrogens is 3. The molecule has 0 saturated carbocycles. The number of ether oxygens (including phenoxy) is 2. The number of carbonyl (C=O) groups excluding carboxylic acids is 1. The highest BCUT2D eigenvalue weighted by molar-refractivity contribution is 5.96. The van der Waals surface area contributed by atoms with Crippen LogP contribution in [0.1, 0.15) is 33.9 Å². The molecule has 1 amide bonds. The number of likely N-dealkylation sites (tertiary alicyclic amines) is 1. The molecule has 2 aromatic rings. The fourth-order valence-electron chi connectivity index (χ4n) is 4.01. The van der Waals surface area contributed by atoms with Gasteiger partial charge in [-0.25, -0.2) is 9.97 Å². The molecular weight excluding hydrogens is 348 g/mol. The molecule has 4 heterocycles. The molecule has 2 aromatic heterocycles. The number of aryl methyl sites for hydroxylation is 3. The van der Waals surface area contributed by atoms with E-state index in [0.717, 1.165) is 12.1 Å². The molecule has 2 aliphatic rings. The maximum Gasteiger partial charge on any atom is 0.316 e. The molecule has 0 radical (unpaired) electrons. The lowest BCUT2D eigenvalue weighted by molar-refractivity contribution is 0.0669. The Balaban J connectivity index is 1.34. The van der Waals surface area contributed by atoms with E-state index in [9.17, 15) is 4.79 Å². The van der Waals surface area contributed by atoms with Crippen LogP contribution in [0.15, 0.2) is 16.8 Å². The number of hydrogen-bond donors (Lipinski definition) is 0. The molecule has 2 saturated heterocycles. The smallest absolute Gasteiger partial charge is 0.316 e. The predicted octanol–water partition coefficient (Wildman–Crippen LogP) is 1.95. The minimum Gasteiger partial charge on any atom is -0.463 e. The van der Waals surface area contributed by atoms with Crippen molar-refractivity contribution in [3.63, 3.8) is 0 Å². The van der Waals surface area contributed by atoms with Crippen molar-refractivity contribution in [3.05, 3.63) is 35.0 Å². The van der Waals surface area contributed by atoms with Crippen LogP contribution >= 0.6 is 0 Å². The van der Waals surface area contributed by atoms with Crippen molar-refractivity contribution < 1.29 is 18.8 Å². The number of rotatable bonds is 5. The first-order valence-electron chi connectivity index (χ1n) is 9.29. The summed E-state index contributed by atoms with van der Waals surface area (Å²) in [7, 11) is 0. The average molecular weight is 372 g/mol. The summed E-state index contributed by atoms with van der Waals surface area (Å²) < 4.78 is 16.8. The third kappa shape index (κ3) is 3.53. The number of amides is 1. The Kier molecular flexibility index (Phi) is 4.82. The lowest BCUT2D eigenvalue weighted by Gasteiger charge is -2.19. The summed E-state index contributed by atoms with van der Waals surface area (Å²) in [6, 6.07) is 2.25. The van der Waals surface area contributed by atoms with Gasteiger partial charge in [0.15, 0.2) is 0 Å². The van der Waals surface area contributed by atoms with E-state index in [1.54, 1.807) is 20.0 Å². The topological polar surface area (TPSA) is 90.6 Å². The molecule has 0 spiro atoms. The zero-order valence-electron chi connectivity index (χ0n) is 15.8. The largest absolute Gasteiger partial charge is 0.463 e. The molecule has 8 heteroatoms. The summed E-state index contributed by atoms with van der Waals surface area (Å²) in [6.45, 7) is 8.04. The van der Waals surface area contributed by atoms with Gasteiger partial charge in [0, 0.05) is 30.9 Å². The highest BCUT2D eigenvalue weighted by Gasteiger charge is 2.45. The fraction of sp³-hybridized carbons (Fsp3) is 0.579. The van der Waals surface area contributed by atoms with E-state index in [0.29, 0.717) is 61.2 Å². The third-order valence-electron chi connectivity index (χ3n) is 5.47. The first-order chi connectivity index (χ1) is 13.0. The maximum atomic E-state index is 12.8. The molecule has 27 heavy (non-hydrogen) atoms. The average Bonchev–Trinajstić information content (AvgIpc) is 3.30. The van der Waals surface area contributed by atoms with Gasteiger partial charge in [-0.3, -0.25) is 4.79 Å². The van der Waals surface area contributed by atoms with Crippen molar-refractivity contribution in [1.29, 1.82) is 0 Å². The number of fused-ring (bicyclic) bond motifs is 1. The van der Waals surface area contributed by atoms with E-state index >= 15 is 0 Å². The summed E-state index contributed by atoms with van der Waals surface area (Å²) in [4.78, 5) is 23.1. The van der Waals surface area contributed by atoms with Crippen molar-refractivity contribution in [1.82, 2.24) is 20.0 Å². The number of carbonyl (C=O) groups is 1. The predicted molar refractivity (Wildman–Crippen MR) is 95.5 cm³/mol. The van der Waals surface area contributed by atoms with Crippen LogP contribution in [0.3, 0.4) is 0 Å². The Morgan fingerprint density at radius 2 is 2.19 bits per heavy atom. The van der Waals surface area contributed by atoms with Crippen LogP contribution in [-0.4, -0.2) is 58.3 Å². The second kappa shape index (κ2) is 7.26. The summed E-state index contributed by atoms with van der Waals surface area (Å²) in [5, 5.41) is 3.89. The zero-order valence-corrected chi connectivity index (χ0v) is 15.8. The van der Waals surface area contributed by atoms with Gasteiger partial charge in [-0.15, -0.1) is 0 Å². The van der Waals surface area contributed by atoms with Crippen LogP contribution in [0.2, 0.25) is 0 Å². The normalized spacial score (nSPS) is 24.3. The summed E-state index contributed by atoms with van der Waals surface area (Å²) in [5.41, 5.74) is 2.10. The third-order valence-corrected chi connectivity index (χ3v) is 5.47. The van der Waals surface area contributed by atoms with Crippen molar-refractivity contribution in [3.8, 4) is 6.01 Å². The number of hydrogen-bond acceptors (Lipinski definition) is 7. The van der Waals surface area contributed by atoms with Gasteiger partial charge in [0.1, 0.15) is 11.3 Å². The Morgan fingerprint density at radius 3 is 2.93 bits per heavy atom. The van der Waals surface area contributed by atoms with Crippen molar-refractivity contribution in [2.45, 2.75) is 33.3 Å². The first kappa shape index (κ1) is 17.9. The summed E-state index contributed by atoms with van der Waals surface area (Å²) in [6.07, 6.45) is 2.64. The van der Waals surface area contributed by atoms with Crippen molar-refractivity contribution in [2.75, 3.05) is 26.3 Å². The van der Waals surface area contributed by atoms with Crippen LogP contribution in [-0.2, 0) is 4.74 Å². The Labute approximate surface area is 157 Å². The minimum atomic E-state index is -0.0209. The van der Waals surface area contributed by atoms with Crippen molar-refractivity contribution in [2.24, 2.45) is 11.8 Å². The molecule has 2 aliphatic heterocycles. The Bertz CT molecular complexity index is 817. The molecule has 0 unspecified atom stereocenters. The lowest BCUT2D eigenvalue weighted by Crippen LogP contribution is -2.32. The quantitative estimate of drug-likeness (QED) is 0.792. The monoisotopic (exact) mass is 372 g/mol. The van der Waals surface area contributed by atoms with E-state index in [1.165, 1.54) is 0 Å². The molecule has 2 fully saturated rings. The first-order valence-corrected chi connectivity index (χ1v) is 9.29. The second-order valence-corrected chi connectivity index (χ2v) is 7.32. The minimum absolute atomic E-state index is 0.0209. The van der Waals surface area contributed by atoms with Gasteiger partial charge < -0.3 is 18.9 Å². The Morgan fingerprint density at radius 1 is 1.33 bits per heavy atom. The Hall–Kier alpha value is -2.48. The van der Waals surface area contributed by atoms with Crippen LogP contribution < -0.4 is 4.74 Å². The highest BCUT2D eigenvalue weighted by Crippen LogP contribution is 2.36. The van der Waals surface area contributed by atoms with E-state index in [2.05, 4.69) is 15.1 Å². The van der Waals surface area contributed by atoms with Gasteiger partial charge in [0.25, 0.3) is 5.91 Å². The molecule has 144 valence electrons. The molecule has 4 rings (SSSR count). The fourth-order valence-corrected chi connectivity index (χ4v) is 4.01. The summed E-state index contributed by atoms with van der Waals surface area (Å²) in [5.74, 6) is 1.24. The molecular formula is C19H24N4O4. The molecule has 8 nitrogen and oxygen atoms in total. The second-order valence-electron chi connectivity index (χ2n) is 7.32.